The van der Waals surface area contributed by atoms with E-state index in [-0.39, 0.29) is 30.3 Å². The first-order valence-electron chi connectivity index (χ1n) is 14.4. The summed E-state index contributed by atoms with van der Waals surface area (Å²) in [5.41, 5.74) is 2.28. The van der Waals surface area contributed by atoms with Crippen LogP contribution in [0.3, 0.4) is 0 Å². The third kappa shape index (κ3) is 5.62. The molecule has 2 saturated heterocycles. The molecule has 4 heterocycles. The number of hydrogen-bond acceptors (Lipinski definition) is 8. The lowest BCUT2D eigenvalue weighted by molar-refractivity contribution is -0.136. The van der Waals surface area contributed by atoms with Gasteiger partial charge in [-0.15, -0.1) is 0 Å². The number of aliphatic hydroxyl groups is 1. The average molecular weight is 573 g/mol. The summed E-state index contributed by atoms with van der Waals surface area (Å²) in [4.78, 5) is 45.5. The number of benzene rings is 2. The zero-order valence-electron chi connectivity index (χ0n) is 24.1. The standard InChI is InChI=1S/C32H36N4O6/c1-32(2,40)23-5-4-19-11-24(33-13-20(19)10-23)16-35-14-22(18-41-3)28(17-35)42-25-6-7-26-21(12-25)15-36(31(26)39)27-8-9-29(37)34-30(27)38/h4-7,10-13,22,27-28,40H,8-9,14-18H2,1-3H3,(H,34,37,38)/t22-,27-,28+/m0/s1. The second-order valence-electron chi connectivity index (χ2n) is 12.1. The Bertz CT molecular complexity index is 1550. The van der Waals surface area contributed by atoms with Gasteiger partial charge in [-0.05, 0) is 67.1 Å². The molecule has 2 N–H and O–H groups in total. The SMILES string of the molecule is COC[C@@H]1CN(Cc2cc3ccc(C(C)(C)O)cc3cn2)C[C@H]1Oc1ccc2c(c1)CN([C@H]1CCC(=O)NC1=O)C2=O. The number of pyridine rings is 1. The van der Waals surface area contributed by atoms with Gasteiger partial charge in [0.1, 0.15) is 17.9 Å². The van der Waals surface area contributed by atoms with E-state index in [1.807, 2.05) is 36.5 Å². The number of piperidine rings is 1. The van der Waals surface area contributed by atoms with E-state index < -0.39 is 17.6 Å². The number of amides is 3. The summed E-state index contributed by atoms with van der Waals surface area (Å²) < 4.78 is 12.0. The summed E-state index contributed by atoms with van der Waals surface area (Å²) in [6, 6.07) is 12.9. The van der Waals surface area contributed by atoms with Crippen molar-refractivity contribution < 1.29 is 29.0 Å². The van der Waals surface area contributed by atoms with Crippen LogP contribution in [-0.4, -0.2) is 76.6 Å². The quantitative estimate of drug-likeness (QED) is 0.396. The molecule has 0 aliphatic carbocycles. The molecule has 2 fully saturated rings. The Morgan fingerprint density at radius 1 is 1.07 bits per heavy atom. The van der Waals surface area contributed by atoms with Crippen molar-refractivity contribution in [3.63, 3.8) is 0 Å². The molecule has 2 aromatic carbocycles. The molecule has 3 aliphatic rings. The molecule has 42 heavy (non-hydrogen) atoms. The molecule has 1 aromatic heterocycles. The second kappa shape index (κ2) is 11.1. The number of imide groups is 1. The Morgan fingerprint density at radius 3 is 2.67 bits per heavy atom. The van der Waals surface area contributed by atoms with Gasteiger partial charge in [0.2, 0.25) is 11.8 Å². The fourth-order valence-corrected chi connectivity index (χ4v) is 6.25. The van der Waals surface area contributed by atoms with Crippen LogP contribution in [0, 0.1) is 5.92 Å². The third-order valence-electron chi connectivity index (χ3n) is 8.49. The summed E-state index contributed by atoms with van der Waals surface area (Å²) in [5.74, 6) is -0.0955. The number of fused-ring (bicyclic) bond motifs is 2. The van der Waals surface area contributed by atoms with Crippen LogP contribution >= 0.6 is 0 Å². The van der Waals surface area contributed by atoms with Gasteiger partial charge >= 0.3 is 0 Å². The number of nitrogens with zero attached hydrogens (tertiary/aromatic N) is 3. The molecule has 3 amide bonds. The Hall–Kier alpha value is -3.86. The summed E-state index contributed by atoms with van der Waals surface area (Å²) in [6.45, 7) is 6.57. The molecular formula is C32H36N4O6. The molecular weight excluding hydrogens is 536 g/mol. The Morgan fingerprint density at radius 2 is 1.90 bits per heavy atom. The van der Waals surface area contributed by atoms with E-state index >= 15 is 0 Å². The normalized spacial score (nSPS) is 23.0. The van der Waals surface area contributed by atoms with Crippen molar-refractivity contribution in [1.29, 1.82) is 0 Å². The Kier molecular flexibility index (Phi) is 7.46. The van der Waals surface area contributed by atoms with Gasteiger partial charge in [-0.2, -0.15) is 0 Å². The molecule has 10 heteroatoms. The minimum absolute atomic E-state index is 0.110. The number of aromatic nitrogens is 1. The number of carbonyl (C=O) groups is 3. The van der Waals surface area contributed by atoms with E-state index in [1.54, 1.807) is 31.9 Å². The summed E-state index contributed by atoms with van der Waals surface area (Å²) >= 11 is 0. The van der Waals surface area contributed by atoms with E-state index in [4.69, 9.17) is 14.5 Å². The van der Waals surface area contributed by atoms with Crippen LogP contribution in [0.5, 0.6) is 5.75 Å². The number of rotatable bonds is 8. The Labute approximate surface area is 244 Å². The zero-order chi connectivity index (χ0) is 29.6. The number of carbonyl (C=O) groups excluding carboxylic acids is 3. The van der Waals surface area contributed by atoms with Gasteiger partial charge in [0.05, 0.1) is 17.9 Å². The number of hydrogen-bond donors (Lipinski definition) is 2. The van der Waals surface area contributed by atoms with Crippen molar-refractivity contribution in [3.05, 3.63) is 71.0 Å². The maximum Gasteiger partial charge on any atom is 0.255 e. The van der Waals surface area contributed by atoms with Crippen LogP contribution in [0.1, 0.15) is 53.9 Å². The van der Waals surface area contributed by atoms with Gasteiger partial charge in [-0.25, -0.2) is 0 Å². The van der Waals surface area contributed by atoms with Gasteiger partial charge in [0.15, 0.2) is 0 Å². The fourth-order valence-electron chi connectivity index (χ4n) is 6.25. The van der Waals surface area contributed by atoms with Gasteiger partial charge in [-0.3, -0.25) is 29.6 Å². The van der Waals surface area contributed by atoms with Gasteiger partial charge in [-0.1, -0.05) is 12.1 Å². The second-order valence-corrected chi connectivity index (χ2v) is 12.1. The molecule has 0 spiro atoms. The first-order valence-corrected chi connectivity index (χ1v) is 14.4. The van der Waals surface area contributed by atoms with E-state index in [2.05, 4.69) is 16.3 Å². The largest absolute Gasteiger partial charge is 0.489 e. The minimum Gasteiger partial charge on any atom is -0.489 e. The highest BCUT2D eigenvalue weighted by atomic mass is 16.5. The number of methoxy groups -OCH3 is 1. The number of nitrogens with one attached hydrogen (secondary N) is 1. The highest BCUT2D eigenvalue weighted by molar-refractivity contribution is 6.05. The lowest BCUT2D eigenvalue weighted by Crippen LogP contribution is -2.52. The highest BCUT2D eigenvalue weighted by Crippen LogP contribution is 2.32. The molecule has 3 aliphatic heterocycles. The fraction of sp³-hybridized carbons (Fsp3) is 0.438. The molecule has 6 rings (SSSR count). The third-order valence-corrected chi connectivity index (χ3v) is 8.49. The lowest BCUT2D eigenvalue weighted by atomic mass is 9.96. The number of likely N-dealkylation sites (tertiary alicyclic amines) is 1. The van der Waals surface area contributed by atoms with Crippen molar-refractivity contribution >= 4 is 28.5 Å². The van der Waals surface area contributed by atoms with Gasteiger partial charge < -0.3 is 19.5 Å². The number of ether oxygens (including phenoxy) is 2. The van der Waals surface area contributed by atoms with Crippen molar-refractivity contribution in [2.75, 3.05) is 26.8 Å². The van der Waals surface area contributed by atoms with Crippen LogP contribution in [0.25, 0.3) is 10.8 Å². The van der Waals surface area contributed by atoms with E-state index in [9.17, 15) is 19.5 Å². The average Bonchev–Trinajstić information content (AvgIpc) is 3.47. The predicted molar refractivity (Wildman–Crippen MR) is 155 cm³/mol. The summed E-state index contributed by atoms with van der Waals surface area (Å²) in [5, 5.41) is 14.7. The molecule has 0 radical (unpaired) electrons. The monoisotopic (exact) mass is 572 g/mol. The van der Waals surface area contributed by atoms with Crippen LogP contribution in [0.4, 0.5) is 0 Å². The zero-order valence-corrected chi connectivity index (χ0v) is 24.1. The molecule has 3 atom stereocenters. The van der Waals surface area contributed by atoms with Crippen molar-refractivity contribution in [3.8, 4) is 5.75 Å². The topological polar surface area (TPSA) is 121 Å². The van der Waals surface area contributed by atoms with Crippen molar-refractivity contribution in [2.24, 2.45) is 5.92 Å². The van der Waals surface area contributed by atoms with Gasteiger partial charge in [0, 0.05) is 62.8 Å². The smallest absolute Gasteiger partial charge is 0.255 e. The van der Waals surface area contributed by atoms with E-state index in [0.29, 0.717) is 44.0 Å². The molecule has 0 saturated carbocycles. The molecule has 0 unspecified atom stereocenters. The lowest BCUT2D eigenvalue weighted by Gasteiger charge is -2.29. The van der Waals surface area contributed by atoms with Crippen LogP contribution in [0.2, 0.25) is 0 Å². The molecule has 3 aromatic rings. The van der Waals surface area contributed by atoms with E-state index in [0.717, 1.165) is 34.1 Å². The van der Waals surface area contributed by atoms with Crippen LogP contribution < -0.4 is 10.1 Å². The maximum absolute atomic E-state index is 13.1. The summed E-state index contributed by atoms with van der Waals surface area (Å²) in [7, 11) is 1.69. The molecule has 220 valence electrons. The minimum atomic E-state index is -0.908. The first kappa shape index (κ1) is 28.3. The molecule has 0 bridgehead atoms. The van der Waals surface area contributed by atoms with Crippen molar-refractivity contribution in [2.45, 2.75) is 57.5 Å². The highest BCUT2D eigenvalue weighted by Gasteiger charge is 2.40. The van der Waals surface area contributed by atoms with Crippen LogP contribution in [-0.2, 0) is 33.0 Å². The Balaban J connectivity index is 1.13. The van der Waals surface area contributed by atoms with Crippen LogP contribution in [0.15, 0.2) is 48.7 Å². The molecule has 10 nitrogen and oxygen atoms in total. The van der Waals surface area contributed by atoms with Gasteiger partial charge in [0.25, 0.3) is 5.91 Å². The maximum atomic E-state index is 13.1. The first-order chi connectivity index (χ1) is 20.1. The predicted octanol–water partition coefficient (Wildman–Crippen LogP) is 2.75. The summed E-state index contributed by atoms with van der Waals surface area (Å²) in [6.07, 6.45) is 2.31. The van der Waals surface area contributed by atoms with Crippen molar-refractivity contribution in [1.82, 2.24) is 20.1 Å². The van der Waals surface area contributed by atoms with E-state index in [1.165, 1.54) is 0 Å².